The molecule has 0 radical (unpaired) electrons. The van der Waals surface area contributed by atoms with Gasteiger partial charge in [-0.25, -0.2) is 4.79 Å². The summed E-state index contributed by atoms with van der Waals surface area (Å²) >= 11 is 0. The van der Waals surface area contributed by atoms with E-state index < -0.39 is 0 Å². The van der Waals surface area contributed by atoms with Gasteiger partial charge in [-0.1, -0.05) is 13.8 Å². The lowest BCUT2D eigenvalue weighted by molar-refractivity contribution is -0.120. The zero-order valence-electron chi connectivity index (χ0n) is 12.0. The molecular weight excluding hydrogens is 254 g/mol. The van der Waals surface area contributed by atoms with Gasteiger partial charge in [-0.2, -0.15) is 0 Å². The summed E-state index contributed by atoms with van der Waals surface area (Å²) in [4.78, 5) is 23.4. The first kappa shape index (κ1) is 14.3. The quantitative estimate of drug-likeness (QED) is 0.868. The lowest BCUT2D eigenvalue weighted by Crippen LogP contribution is -2.21. The van der Waals surface area contributed by atoms with Gasteiger partial charge in [0.25, 0.3) is 0 Å². The highest BCUT2D eigenvalue weighted by Gasteiger charge is 2.14. The number of hydrogen-bond donors (Lipinski definition) is 1. The fraction of sp³-hybridized carbons (Fsp3) is 0.375. The first-order valence-corrected chi connectivity index (χ1v) is 6.90. The highest BCUT2D eigenvalue weighted by molar-refractivity contribution is 5.94. The third-order valence-electron chi connectivity index (χ3n) is 3.58. The normalized spacial score (nSPS) is 11.0. The van der Waals surface area contributed by atoms with Crippen molar-refractivity contribution < 1.29 is 9.21 Å². The van der Waals surface area contributed by atoms with E-state index in [9.17, 15) is 9.59 Å². The Hall–Kier alpha value is -2.10. The smallest absolute Gasteiger partial charge is 0.336 e. The molecular formula is C16H19NO3. The number of aryl methyl sites for hydroxylation is 1. The van der Waals surface area contributed by atoms with Gasteiger partial charge in [-0.05, 0) is 37.5 Å². The highest BCUT2D eigenvalue weighted by Crippen LogP contribution is 2.21. The van der Waals surface area contributed by atoms with Crippen molar-refractivity contribution in [3.63, 3.8) is 0 Å². The van der Waals surface area contributed by atoms with Crippen LogP contribution in [0.4, 0.5) is 5.69 Å². The van der Waals surface area contributed by atoms with Crippen LogP contribution in [0.1, 0.15) is 32.3 Å². The van der Waals surface area contributed by atoms with Crippen molar-refractivity contribution in [1.29, 1.82) is 0 Å². The Bertz CT molecular complexity index is 684. The van der Waals surface area contributed by atoms with Crippen LogP contribution in [-0.2, 0) is 4.79 Å². The van der Waals surface area contributed by atoms with Gasteiger partial charge in [-0.3, -0.25) is 4.79 Å². The summed E-state index contributed by atoms with van der Waals surface area (Å²) in [5, 5.41) is 3.75. The molecule has 0 fully saturated rings. The summed E-state index contributed by atoms with van der Waals surface area (Å²) in [5.74, 6) is 0.0135. The molecule has 0 bridgehead atoms. The van der Waals surface area contributed by atoms with Crippen LogP contribution >= 0.6 is 0 Å². The number of carbonyl (C=O) groups excluding carboxylic acids is 1. The molecule has 1 amide bonds. The molecule has 1 N–H and O–H groups in total. The second-order valence-electron chi connectivity index (χ2n) is 4.96. The van der Waals surface area contributed by atoms with Crippen LogP contribution in [0.3, 0.4) is 0 Å². The van der Waals surface area contributed by atoms with Crippen LogP contribution in [0.15, 0.2) is 33.5 Å². The molecule has 0 saturated carbocycles. The second kappa shape index (κ2) is 5.90. The van der Waals surface area contributed by atoms with Gasteiger partial charge < -0.3 is 9.73 Å². The Kier molecular flexibility index (Phi) is 4.23. The first-order chi connectivity index (χ1) is 9.55. The van der Waals surface area contributed by atoms with Gasteiger partial charge in [-0.15, -0.1) is 0 Å². The molecule has 0 aliphatic heterocycles. The minimum Gasteiger partial charge on any atom is -0.423 e. The zero-order valence-corrected chi connectivity index (χ0v) is 12.0. The van der Waals surface area contributed by atoms with E-state index in [0.29, 0.717) is 11.3 Å². The third kappa shape index (κ3) is 2.90. The number of amides is 1. The molecule has 1 aromatic carbocycles. The Morgan fingerprint density at radius 1 is 1.25 bits per heavy atom. The van der Waals surface area contributed by atoms with Gasteiger partial charge in [0, 0.05) is 29.1 Å². The monoisotopic (exact) mass is 273 g/mol. The number of anilines is 1. The predicted octanol–water partition coefficient (Wildman–Crippen LogP) is 3.48. The molecule has 0 aliphatic rings. The van der Waals surface area contributed by atoms with Crippen LogP contribution in [-0.4, -0.2) is 5.91 Å². The largest absolute Gasteiger partial charge is 0.423 e. The number of rotatable bonds is 4. The summed E-state index contributed by atoms with van der Waals surface area (Å²) < 4.78 is 5.17. The molecule has 2 aromatic rings. The van der Waals surface area contributed by atoms with Crippen molar-refractivity contribution in [2.45, 2.75) is 33.6 Å². The maximum atomic E-state index is 12.0. The van der Waals surface area contributed by atoms with E-state index in [1.165, 1.54) is 6.07 Å². The minimum absolute atomic E-state index is 0.00403. The average Bonchev–Trinajstić information content (AvgIpc) is 2.39. The van der Waals surface area contributed by atoms with Crippen molar-refractivity contribution in [2.24, 2.45) is 5.92 Å². The molecule has 0 aliphatic carbocycles. The van der Waals surface area contributed by atoms with Gasteiger partial charge in [0.1, 0.15) is 5.58 Å². The van der Waals surface area contributed by atoms with Gasteiger partial charge in [0.2, 0.25) is 5.91 Å². The molecule has 2 rings (SSSR count). The van der Waals surface area contributed by atoms with Gasteiger partial charge in [0.05, 0.1) is 0 Å². The molecule has 20 heavy (non-hydrogen) atoms. The number of hydrogen-bond acceptors (Lipinski definition) is 3. The highest BCUT2D eigenvalue weighted by atomic mass is 16.4. The zero-order chi connectivity index (χ0) is 14.7. The molecule has 4 heteroatoms. The van der Waals surface area contributed by atoms with Gasteiger partial charge in [0.15, 0.2) is 0 Å². The van der Waals surface area contributed by atoms with E-state index in [1.807, 2.05) is 32.9 Å². The van der Waals surface area contributed by atoms with Crippen LogP contribution in [0.25, 0.3) is 11.0 Å². The van der Waals surface area contributed by atoms with E-state index in [4.69, 9.17) is 4.42 Å². The summed E-state index contributed by atoms with van der Waals surface area (Å²) in [6.07, 6.45) is 1.62. The predicted molar refractivity (Wildman–Crippen MR) is 79.9 cm³/mol. The van der Waals surface area contributed by atoms with E-state index in [2.05, 4.69) is 5.32 Å². The molecule has 1 heterocycles. The molecule has 0 atom stereocenters. The summed E-state index contributed by atoms with van der Waals surface area (Å²) in [6.45, 7) is 5.86. The van der Waals surface area contributed by atoms with Crippen molar-refractivity contribution in [3.05, 3.63) is 40.2 Å². The molecule has 4 nitrogen and oxygen atoms in total. The topological polar surface area (TPSA) is 59.3 Å². The molecule has 0 saturated heterocycles. The first-order valence-electron chi connectivity index (χ1n) is 6.90. The Morgan fingerprint density at radius 3 is 2.60 bits per heavy atom. The molecule has 0 spiro atoms. The molecule has 1 aromatic heterocycles. The number of carbonyl (C=O) groups is 1. The minimum atomic E-state index is -0.376. The standard InChI is InChI=1S/C16H19NO3/c1-4-11(5-2)16(19)17-12-6-7-13-10(3)8-15(18)20-14(13)9-12/h6-9,11H,4-5H2,1-3H3,(H,17,19). The summed E-state index contributed by atoms with van der Waals surface area (Å²) in [7, 11) is 0. The van der Waals surface area contributed by atoms with E-state index in [-0.39, 0.29) is 17.5 Å². The fourth-order valence-electron chi connectivity index (χ4n) is 2.31. The van der Waals surface area contributed by atoms with Gasteiger partial charge >= 0.3 is 5.63 Å². The van der Waals surface area contributed by atoms with Crippen LogP contribution in [0, 0.1) is 12.8 Å². The summed E-state index contributed by atoms with van der Waals surface area (Å²) in [5.41, 5.74) is 1.65. The average molecular weight is 273 g/mol. The Morgan fingerprint density at radius 2 is 1.95 bits per heavy atom. The number of nitrogens with one attached hydrogen (secondary N) is 1. The third-order valence-corrected chi connectivity index (χ3v) is 3.58. The van der Waals surface area contributed by atoms with Crippen molar-refractivity contribution in [3.8, 4) is 0 Å². The maximum absolute atomic E-state index is 12.0. The van der Waals surface area contributed by atoms with E-state index >= 15 is 0 Å². The van der Waals surface area contributed by atoms with Crippen LogP contribution < -0.4 is 10.9 Å². The molecule has 0 unspecified atom stereocenters. The SMILES string of the molecule is CCC(CC)C(=O)Nc1ccc2c(C)cc(=O)oc2c1. The lowest BCUT2D eigenvalue weighted by Gasteiger charge is -2.13. The van der Waals surface area contributed by atoms with Crippen molar-refractivity contribution in [2.75, 3.05) is 5.32 Å². The lowest BCUT2D eigenvalue weighted by atomic mass is 10.0. The Balaban J connectivity index is 2.33. The second-order valence-corrected chi connectivity index (χ2v) is 4.96. The van der Waals surface area contributed by atoms with E-state index in [1.54, 1.807) is 6.07 Å². The fourth-order valence-corrected chi connectivity index (χ4v) is 2.31. The van der Waals surface area contributed by atoms with Crippen molar-refractivity contribution in [1.82, 2.24) is 0 Å². The van der Waals surface area contributed by atoms with Crippen molar-refractivity contribution >= 4 is 22.6 Å². The number of fused-ring (bicyclic) bond motifs is 1. The van der Waals surface area contributed by atoms with Crippen LogP contribution in [0.2, 0.25) is 0 Å². The Labute approximate surface area is 117 Å². The maximum Gasteiger partial charge on any atom is 0.336 e. The molecule has 106 valence electrons. The number of benzene rings is 1. The summed E-state index contributed by atoms with van der Waals surface area (Å²) in [6, 6.07) is 6.85. The van der Waals surface area contributed by atoms with Crippen LogP contribution in [0.5, 0.6) is 0 Å². The van der Waals surface area contributed by atoms with E-state index in [0.717, 1.165) is 23.8 Å².